The molecule has 0 saturated heterocycles. The third-order valence-corrected chi connectivity index (χ3v) is 7.27. The lowest BCUT2D eigenvalue weighted by Gasteiger charge is -2.07. The SMILES string of the molecule is c1ccc2c(c1)ccc1c3cc4c(cc3oc21)n1c2ccccc2nc1n1c2ccccc2nc41. The number of benzene rings is 5. The fourth-order valence-electron chi connectivity index (χ4n) is 5.71. The van der Waals surface area contributed by atoms with Gasteiger partial charge in [0.05, 0.1) is 27.6 Å². The van der Waals surface area contributed by atoms with E-state index in [-0.39, 0.29) is 0 Å². The van der Waals surface area contributed by atoms with Crippen molar-refractivity contribution in [2.75, 3.05) is 0 Å². The number of rotatable bonds is 0. The molecule has 0 spiro atoms. The third kappa shape index (κ3) is 2.09. The highest BCUT2D eigenvalue weighted by Gasteiger charge is 2.20. The summed E-state index contributed by atoms with van der Waals surface area (Å²) in [5.74, 6) is 0.850. The summed E-state index contributed by atoms with van der Waals surface area (Å²) in [7, 11) is 0. The van der Waals surface area contributed by atoms with E-state index in [0.717, 1.165) is 71.7 Å². The van der Waals surface area contributed by atoms with Crippen LogP contribution in [0.4, 0.5) is 0 Å². The van der Waals surface area contributed by atoms with E-state index >= 15 is 0 Å². The zero-order chi connectivity index (χ0) is 22.7. The molecule has 9 rings (SSSR count). The lowest BCUT2D eigenvalue weighted by molar-refractivity contribution is 0.673. The molecule has 0 atom stereocenters. The molecular formula is C30H16N4O. The highest BCUT2D eigenvalue weighted by molar-refractivity contribution is 6.18. The molecule has 4 aromatic heterocycles. The maximum atomic E-state index is 6.52. The number of aromatic nitrogens is 4. The highest BCUT2D eigenvalue weighted by atomic mass is 16.3. The Morgan fingerprint density at radius 1 is 0.543 bits per heavy atom. The molecule has 0 radical (unpaired) electrons. The molecule has 5 aromatic carbocycles. The molecule has 0 aliphatic heterocycles. The van der Waals surface area contributed by atoms with Crippen LogP contribution < -0.4 is 0 Å². The Morgan fingerprint density at radius 3 is 2.17 bits per heavy atom. The number of furan rings is 1. The first-order chi connectivity index (χ1) is 17.3. The predicted octanol–water partition coefficient (Wildman–Crippen LogP) is 7.49. The van der Waals surface area contributed by atoms with E-state index in [4.69, 9.17) is 14.4 Å². The van der Waals surface area contributed by atoms with E-state index in [9.17, 15) is 0 Å². The van der Waals surface area contributed by atoms with Crippen molar-refractivity contribution in [3.8, 4) is 0 Å². The molecule has 0 N–H and O–H groups in total. The van der Waals surface area contributed by atoms with E-state index < -0.39 is 0 Å². The third-order valence-electron chi connectivity index (χ3n) is 7.27. The lowest BCUT2D eigenvalue weighted by atomic mass is 10.1. The van der Waals surface area contributed by atoms with Gasteiger partial charge >= 0.3 is 0 Å². The summed E-state index contributed by atoms with van der Waals surface area (Å²) in [4.78, 5) is 10.1. The molecule has 0 unspecified atom stereocenters. The van der Waals surface area contributed by atoms with Gasteiger partial charge in [-0.05, 0) is 41.8 Å². The molecular weight excluding hydrogens is 432 g/mol. The van der Waals surface area contributed by atoms with Gasteiger partial charge in [-0.1, -0.05) is 54.6 Å². The Kier molecular flexibility index (Phi) is 2.99. The van der Waals surface area contributed by atoms with Gasteiger partial charge in [0.15, 0.2) is 0 Å². The van der Waals surface area contributed by atoms with Gasteiger partial charge in [0.1, 0.15) is 16.8 Å². The summed E-state index contributed by atoms with van der Waals surface area (Å²) in [6.07, 6.45) is 0. The van der Waals surface area contributed by atoms with Gasteiger partial charge < -0.3 is 4.42 Å². The maximum absolute atomic E-state index is 6.52. The molecule has 0 bridgehead atoms. The number of hydrogen-bond acceptors (Lipinski definition) is 3. The average Bonchev–Trinajstić information content (AvgIpc) is 3.58. The van der Waals surface area contributed by atoms with Crippen LogP contribution in [0.3, 0.4) is 0 Å². The van der Waals surface area contributed by atoms with Gasteiger partial charge in [-0.2, -0.15) is 0 Å². The lowest BCUT2D eigenvalue weighted by Crippen LogP contribution is -1.98. The Labute approximate surface area is 197 Å². The van der Waals surface area contributed by atoms with Crippen molar-refractivity contribution < 1.29 is 4.42 Å². The quantitative estimate of drug-likeness (QED) is 0.241. The Morgan fingerprint density at radius 2 is 1.29 bits per heavy atom. The smallest absolute Gasteiger partial charge is 0.221 e. The van der Waals surface area contributed by atoms with Gasteiger partial charge in [0.25, 0.3) is 0 Å². The van der Waals surface area contributed by atoms with Crippen molar-refractivity contribution >= 4 is 77.1 Å². The standard InChI is InChI=1S/C30H16N4O/c1-2-8-18-17(7-1)13-14-19-20-15-21-26(16-27(20)35-28(18)19)33-24-11-5-4-10-23(24)32-30(33)34-25-12-6-3-9-22(25)31-29(21)34/h1-16H. The van der Waals surface area contributed by atoms with Crippen molar-refractivity contribution in [3.05, 3.63) is 97.1 Å². The van der Waals surface area contributed by atoms with Gasteiger partial charge in [-0.3, -0.25) is 8.80 Å². The average molecular weight is 448 g/mol. The zero-order valence-corrected chi connectivity index (χ0v) is 18.4. The second-order valence-corrected chi connectivity index (χ2v) is 9.13. The van der Waals surface area contributed by atoms with E-state index in [0.29, 0.717) is 0 Å². The molecule has 0 amide bonds. The van der Waals surface area contributed by atoms with E-state index in [1.54, 1.807) is 0 Å². The van der Waals surface area contributed by atoms with Crippen LogP contribution in [-0.2, 0) is 0 Å². The van der Waals surface area contributed by atoms with Gasteiger partial charge in [0.2, 0.25) is 5.78 Å². The Bertz CT molecular complexity index is 2330. The fourth-order valence-corrected chi connectivity index (χ4v) is 5.71. The van der Waals surface area contributed by atoms with Crippen LogP contribution in [0.2, 0.25) is 0 Å². The van der Waals surface area contributed by atoms with Gasteiger partial charge in [-0.25, -0.2) is 9.97 Å². The fraction of sp³-hybridized carbons (Fsp3) is 0. The minimum absolute atomic E-state index is 0.850. The Balaban J connectivity index is 1.59. The summed E-state index contributed by atoms with van der Waals surface area (Å²) in [6.45, 7) is 0. The summed E-state index contributed by atoms with van der Waals surface area (Å²) < 4.78 is 10.9. The van der Waals surface area contributed by atoms with Crippen molar-refractivity contribution in [1.82, 2.24) is 18.8 Å². The molecule has 5 nitrogen and oxygen atoms in total. The summed E-state index contributed by atoms with van der Waals surface area (Å²) >= 11 is 0. The van der Waals surface area contributed by atoms with Crippen molar-refractivity contribution in [2.45, 2.75) is 0 Å². The van der Waals surface area contributed by atoms with Crippen LogP contribution >= 0.6 is 0 Å². The number of imidazole rings is 2. The van der Waals surface area contributed by atoms with Crippen molar-refractivity contribution in [3.63, 3.8) is 0 Å². The Hall–Kier alpha value is -4.90. The molecule has 35 heavy (non-hydrogen) atoms. The molecule has 5 heteroatoms. The van der Waals surface area contributed by atoms with Crippen molar-refractivity contribution in [2.24, 2.45) is 0 Å². The molecule has 0 fully saturated rings. The molecule has 0 aliphatic carbocycles. The molecule has 0 aliphatic rings. The van der Waals surface area contributed by atoms with Gasteiger partial charge in [0, 0.05) is 27.6 Å². The molecule has 162 valence electrons. The molecule has 4 heterocycles. The van der Waals surface area contributed by atoms with Crippen molar-refractivity contribution in [1.29, 1.82) is 0 Å². The van der Waals surface area contributed by atoms with Crippen LogP contribution in [0, 0.1) is 0 Å². The summed E-state index contributed by atoms with van der Waals surface area (Å²) in [5.41, 5.74) is 7.74. The van der Waals surface area contributed by atoms with Crippen LogP contribution in [0.1, 0.15) is 0 Å². The van der Waals surface area contributed by atoms with Crippen LogP contribution in [0.15, 0.2) is 101 Å². The second-order valence-electron chi connectivity index (χ2n) is 9.13. The molecule has 0 saturated carbocycles. The van der Waals surface area contributed by atoms with Crippen LogP contribution in [0.25, 0.3) is 77.1 Å². The highest BCUT2D eigenvalue weighted by Crippen LogP contribution is 2.38. The van der Waals surface area contributed by atoms with E-state index in [2.05, 4.69) is 93.7 Å². The second kappa shape index (κ2) is 5.96. The first-order valence-corrected chi connectivity index (χ1v) is 11.7. The summed E-state index contributed by atoms with van der Waals surface area (Å²) in [5, 5.41) is 5.58. The van der Waals surface area contributed by atoms with E-state index in [1.165, 1.54) is 5.39 Å². The van der Waals surface area contributed by atoms with Crippen LogP contribution in [-0.4, -0.2) is 18.8 Å². The first-order valence-electron chi connectivity index (χ1n) is 11.7. The minimum Gasteiger partial charge on any atom is -0.455 e. The number of para-hydroxylation sites is 4. The number of nitrogens with zero attached hydrogens (tertiary/aromatic N) is 4. The largest absolute Gasteiger partial charge is 0.455 e. The predicted molar refractivity (Wildman–Crippen MR) is 141 cm³/mol. The monoisotopic (exact) mass is 448 g/mol. The van der Waals surface area contributed by atoms with Crippen LogP contribution in [0.5, 0.6) is 0 Å². The number of hydrogen-bond donors (Lipinski definition) is 0. The maximum Gasteiger partial charge on any atom is 0.221 e. The normalized spacial score (nSPS) is 12.6. The van der Waals surface area contributed by atoms with Gasteiger partial charge in [-0.15, -0.1) is 0 Å². The molecule has 9 aromatic rings. The van der Waals surface area contributed by atoms with E-state index in [1.807, 2.05) is 12.1 Å². The first kappa shape index (κ1) is 17.6. The topological polar surface area (TPSA) is 47.7 Å². The minimum atomic E-state index is 0.850. The summed E-state index contributed by atoms with van der Waals surface area (Å²) in [6, 6.07) is 33.6. The zero-order valence-electron chi connectivity index (χ0n) is 18.4. The number of fused-ring (bicyclic) bond motifs is 15.